The molecule has 1 aromatic carbocycles. The Hall–Kier alpha value is -1.56. The topological polar surface area (TPSA) is 66.5 Å². The van der Waals surface area contributed by atoms with Crippen LogP contribution in [0.25, 0.3) is 0 Å². The molecule has 1 aliphatic rings. The van der Waals surface area contributed by atoms with E-state index in [1.165, 1.54) is 0 Å². The number of sulfone groups is 1. The van der Waals surface area contributed by atoms with Gasteiger partial charge < -0.3 is 10.2 Å². The Morgan fingerprint density at radius 1 is 1.32 bits per heavy atom. The Bertz CT molecular complexity index is 581. The van der Waals surface area contributed by atoms with Gasteiger partial charge >= 0.3 is 0 Å². The number of carbonyl (C=O) groups is 1. The standard InChI is InChI=1S/C13H18N2O3S/c1-10(2)19(17,18)8-7-15-12-6-4-3-5-11(12)14-9-13(15)16/h3-6,10,14H,7-9H2,1-2H3. The summed E-state index contributed by atoms with van der Waals surface area (Å²) in [5.41, 5.74) is 1.61. The molecule has 0 unspecified atom stereocenters. The number of anilines is 2. The zero-order valence-electron chi connectivity index (χ0n) is 11.1. The predicted molar refractivity (Wildman–Crippen MR) is 76.2 cm³/mol. The SMILES string of the molecule is CC(C)S(=O)(=O)CCN1C(=O)CNc2ccccc21. The van der Waals surface area contributed by atoms with Crippen molar-refractivity contribution in [2.45, 2.75) is 19.1 Å². The lowest BCUT2D eigenvalue weighted by molar-refractivity contribution is -0.117. The molecule has 0 atom stereocenters. The number of carbonyl (C=O) groups excluding carboxylic acids is 1. The van der Waals surface area contributed by atoms with E-state index < -0.39 is 15.1 Å². The average Bonchev–Trinajstić information content (AvgIpc) is 2.37. The van der Waals surface area contributed by atoms with Gasteiger partial charge in [0, 0.05) is 6.54 Å². The van der Waals surface area contributed by atoms with Crippen molar-refractivity contribution in [2.24, 2.45) is 0 Å². The van der Waals surface area contributed by atoms with E-state index in [0.29, 0.717) is 0 Å². The van der Waals surface area contributed by atoms with E-state index in [9.17, 15) is 13.2 Å². The van der Waals surface area contributed by atoms with Crippen LogP contribution in [0.5, 0.6) is 0 Å². The molecule has 0 radical (unpaired) electrons. The molecule has 1 heterocycles. The van der Waals surface area contributed by atoms with Gasteiger partial charge in [0.2, 0.25) is 5.91 Å². The summed E-state index contributed by atoms with van der Waals surface area (Å²) in [6, 6.07) is 7.42. The highest BCUT2D eigenvalue weighted by Gasteiger charge is 2.25. The van der Waals surface area contributed by atoms with Gasteiger partial charge in [0.1, 0.15) is 0 Å². The van der Waals surface area contributed by atoms with Crippen LogP contribution >= 0.6 is 0 Å². The Morgan fingerprint density at radius 3 is 2.68 bits per heavy atom. The van der Waals surface area contributed by atoms with Gasteiger partial charge in [-0.25, -0.2) is 8.42 Å². The maximum atomic E-state index is 11.9. The molecule has 19 heavy (non-hydrogen) atoms. The summed E-state index contributed by atoms with van der Waals surface area (Å²) in [6.07, 6.45) is 0. The van der Waals surface area contributed by atoms with E-state index in [1.807, 2.05) is 24.3 Å². The number of hydrogen-bond acceptors (Lipinski definition) is 4. The van der Waals surface area contributed by atoms with Crippen molar-refractivity contribution in [3.8, 4) is 0 Å². The fraction of sp³-hybridized carbons (Fsp3) is 0.462. The van der Waals surface area contributed by atoms with Gasteiger partial charge in [-0.2, -0.15) is 0 Å². The first-order valence-electron chi connectivity index (χ1n) is 6.26. The molecule has 1 aliphatic heterocycles. The lowest BCUT2D eigenvalue weighted by Gasteiger charge is -2.30. The summed E-state index contributed by atoms with van der Waals surface area (Å²) in [4.78, 5) is 13.5. The number of hydrogen-bond donors (Lipinski definition) is 1. The number of fused-ring (bicyclic) bond motifs is 1. The van der Waals surface area contributed by atoms with Crippen LogP contribution in [0.1, 0.15) is 13.8 Å². The Balaban J connectivity index is 2.19. The van der Waals surface area contributed by atoms with E-state index in [-0.39, 0.29) is 24.7 Å². The highest BCUT2D eigenvalue weighted by atomic mass is 32.2. The molecule has 0 aromatic heterocycles. The molecule has 6 heteroatoms. The van der Waals surface area contributed by atoms with Crippen molar-refractivity contribution in [3.05, 3.63) is 24.3 Å². The number of benzene rings is 1. The fourth-order valence-corrected chi connectivity index (χ4v) is 2.87. The van der Waals surface area contributed by atoms with Crippen LogP contribution < -0.4 is 10.2 Å². The van der Waals surface area contributed by atoms with Gasteiger partial charge in [0.05, 0.1) is 28.9 Å². The molecule has 104 valence electrons. The molecule has 0 saturated carbocycles. The van der Waals surface area contributed by atoms with Gasteiger partial charge in [-0.15, -0.1) is 0 Å². The second kappa shape index (κ2) is 5.21. The normalized spacial score (nSPS) is 15.3. The van der Waals surface area contributed by atoms with Crippen molar-refractivity contribution in [1.82, 2.24) is 0 Å². The molecule has 1 N–H and O–H groups in total. The van der Waals surface area contributed by atoms with Crippen LogP contribution in [0.4, 0.5) is 11.4 Å². The minimum Gasteiger partial charge on any atom is -0.374 e. The summed E-state index contributed by atoms with van der Waals surface area (Å²) >= 11 is 0. The minimum atomic E-state index is -3.14. The average molecular weight is 282 g/mol. The monoisotopic (exact) mass is 282 g/mol. The zero-order chi connectivity index (χ0) is 14.0. The van der Waals surface area contributed by atoms with Crippen LogP contribution in [0.15, 0.2) is 24.3 Å². The number of rotatable bonds is 4. The molecular formula is C13H18N2O3S. The lowest BCUT2D eigenvalue weighted by Crippen LogP contribution is -2.42. The zero-order valence-corrected chi connectivity index (χ0v) is 11.9. The smallest absolute Gasteiger partial charge is 0.246 e. The molecule has 0 bridgehead atoms. The van der Waals surface area contributed by atoms with E-state index in [0.717, 1.165) is 11.4 Å². The number of amides is 1. The Kier molecular flexibility index (Phi) is 3.80. The van der Waals surface area contributed by atoms with Crippen molar-refractivity contribution in [2.75, 3.05) is 29.1 Å². The summed E-state index contributed by atoms with van der Waals surface area (Å²) in [7, 11) is -3.14. The molecule has 0 spiro atoms. The number of para-hydroxylation sites is 2. The van der Waals surface area contributed by atoms with Gasteiger partial charge in [-0.3, -0.25) is 4.79 Å². The van der Waals surface area contributed by atoms with Gasteiger partial charge in [0.15, 0.2) is 9.84 Å². The molecule has 0 aliphatic carbocycles. The first kappa shape index (κ1) is 13.9. The molecule has 1 amide bonds. The third-order valence-electron chi connectivity index (χ3n) is 3.24. The second-order valence-electron chi connectivity index (χ2n) is 4.83. The fourth-order valence-electron chi connectivity index (χ4n) is 1.96. The molecular weight excluding hydrogens is 264 g/mol. The first-order chi connectivity index (χ1) is 8.92. The maximum absolute atomic E-state index is 11.9. The molecule has 0 fully saturated rings. The summed E-state index contributed by atoms with van der Waals surface area (Å²) in [6.45, 7) is 3.72. The van der Waals surface area contributed by atoms with Crippen LogP contribution in [0.3, 0.4) is 0 Å². The third kappa shape index (κ3) is 2.89. The summed E-state index contributed by atoms with van der Waals surface area (Å²) in [5.74, 6) is -0.109. The Morgan fingerprint density at radius 2 is 2.00 bits per heavy atom. The number of nitrogens with zero attached hydrogens (tertiary/aromatic N) is 1. The van der Waals surface area contributed by atoms with Crippen molar-refractivity contribution < 1.29 is 13.2 Å². The van der Waals surface area contributed by atoms with E-state index in [4.69, 9.17) is 0 Å². The summed E-state index contributed by atoms with van der Waals surface area (Å²) in [5, 5.41) is 2.61. The quantitative estimate of drug-likeness (QED) is 0.903. The van der Waals surface area contributed by atoms with Crippen LogP contribution in [-0.4, -0.2) is 38.4 Å². The third-order valence-corrected chi connectivity index (χ3v) is 5.43. The second-order valence-corrected chi connectivity index (χ2v) is 7.51. The van der Waals surface area contributed by atoms with Crippen LogP contribution in [-0.2, 0) is 14.6 Å². The predicted octanol–water partition coefficient (Wildman–Crippen LogP) is 1.27. The minimum absolute atomic E-state index is 0.00919. The van der Waals surface area contributed by atoms with E-state index in [1.54, 1.807) is 18.7 Å². The highest BCUT2D eigenvalue weighted by molar-refractivity contribution is 7.92. The number of nitrogens with one attached hydrogen (secondary N) is 1. The van der Waals surface area contributed by atoms with Gasteiger partial charge in [0.25, 0.3) is 0 Å². The van der Waals surface area contributed by atoms with Crippen molar-refractivity contribution >= 4 is 27.1 Å². The highest BCUT2D eigenvalue weighted by Crippen LogP contribution is 2.28. The lowest BCUT2D eigenvalue weighted by atomic mass is 10.2. The van der Waals surface area contributed by atoms with Crippen molar-refractivity contribution in [1.29, 1.82) is 0 Å². The van der Waals surface area contributed by atoms with Crippen molar-refractivity contribution in [3.63, 3.8) is 0 Å². The van der Waals surface area contributed by atoms with Crippen LogP contribution in [0, 0.1) is 0 Å². The van der Waals surface area contributed by atoms with Gasteiger partial charge in [-0.1, -0.05) is 12.1 Å². The maximum Gasteiger partial charge on any atom is 0.246 e. The van der Waals surface area contributed by atoms with Gasteiger partial charge in [-0.05, 0) is 26.0 Å². The molecule has 0 saturated heterocycles. The molecule has 2 rings (SSSR count). The Labute approximate surface area is 113 Å². The van der Waals surface area contributed by atoms with E-state index in [2.05, 4.69) is 5.32 Å². The largest absolute Gasteiger partial charge is 0.374 e. The molecule has 1 aromatic rings. The van der Waals surface area contributed by atoms with E-state index >= 15 is 0 Å². The first-order valence-corrected chi connectivity index (χ1v) is 7.98. The summed E-state index contributed by atoms with van der Waals surface area (Å²) < 4.78 is 23.7. The van der Waals surface area contributed by atoms with Crippen LogP contribution in [0.2, 0.25) is 0 Å². The molecule has 5 nitrogen and oxygen atoms in total.